The highest BCUT2D eigenvalue weighted by atomic mass is 16.5. The van der Waals surface area contributed by atoms with Gasteiger partial charge in [0.15, 0.2) is 17.8 Å². The third kappa shape index (κ3) is 3.51. The Balaban J connectivity index is 3.01. The summed E-state index contributed by atoms with van der Waals surface area (Å²) in [5.41, 5.74) is 0.922. The van der Waals surface area contributed by atoms with Gasteiger partial charge in [-0.25, -0.2) is 0 Å². The zero-order valence-corrected chi connectivity index (χ0v) is 9.91. The maximum absolute atomic E-state index is 10.9. The number of carbonyl (C=O) groups is 1. The fourth-order valence-electron chi connectivity index (χ4n) is 1.30. The molecular formula is C13H15NO3. The number of nitrogens with one attached hydrogen (secondary N) is 1. The van der Waals surface area contributed by atoms with Gasteiger partial charge in [-0.15, -0.1) is 0 Å². The minimum Gasteiger partial charge on any atom is -0.504 e. The van der Waals surface area contributed by atoms with E-state index in [2.05, 4.69) is 17.2 Å². The van der Waals surface area contributed by atoms with Gasteiger partial charge in [0.1, 0.15) is 0 Å². The van der Waals surface area contributed by atoms with Crippen molar-refractivity contribution in [1.29, 1.82) is 0 Å². The van der Waals surface area contributed by atoms with Crippen LogP contribution in [-0.4, -0.2) is 32.1 Å². The summed E-state index contributed by atoms with van der Waals surface area (Å²) in [6.45, 7) is 0.783. The van der Waals surface area contributed by atoms with Gasteiger partial charge in [-0.2, -0.15) is 0 Å². The summed E-state index contributed by atoms with van der Waals surface area (Å²) in [5, 5.41) is 12.6. The molecule has 0 aliphatic rings. The van der Waals surface area contributed by atoms with Crippen molar-refractivity contribution in [2.75, 3.05) is 20.7 Å². The molecule has 0 aliphatic heterocycles. The smallest absolute Gasteiger partial charge is 0.161 e. The Kier molecular flexibility index (Phi) is 5.05. The van der Waals surface area contributed by atoms with Crippen molar-refractivity contribution in [3.8, 4) is 23.3 Å². The molecule has 17 heavy (non-hydrogen) atoms. The lowest BCUT2D eigenvalue weighted by Gasteiger charge is -2.05. The topological polar surface area (TPSA) is 58.6 Å². The average molecular weight is 233 g/mol. The summed E-state index contributed by atoms with van der Waals surface area (Å²) in [7, 11) is 3.28. The summed E-state index contributed by atoms with van der Waals surface area (Å²) >= 11 is 0. The highest BCUT2D eigenvalue weighted by molar-refractivity contribution is 5.81. The molecule has 0 aliphatic carbocycles. The molecule has 0 atom stereocenters. The lowest BCUT2D eigenvalue weighted by atomic mass is 10.1. The van der Waals surface area contributed by atoms with E-state index in [9.17, 15) is 9.90 Å². The largest absolute Gasteiger partial charge is 0.504 e. The Morgan fingerprint density at radius 3 is 2.88 bits per heavy atom. The number of rotatable bonds is 4. The molecule has 1 aromatic rings. The van der Waals surface area contributed by atoms with Crippen LogP contribution in [0.1, 0.15) is 22.3 Å². The first kappa shape index (κ1) is 13.1. The molecule has 1 aromatic carbocycles. The third-order valence-corrected chi connectivity index (χ3v) is 2.20. The predicted octanol–water partition coefficient (Wildman–Crippen LogP) is 1.17. The molecule has 0 saturated carbocycles. The van der Waals surface area contributed by atoms with E-state index in [0.29, 0.717) is 23.8 Å². The van der Waals surface area contributed by atoms with Crippen LogP contribution in [0.15, 0.2) is 12.1 Å². The van der Waals surface area contributed by atoms with E-state index in [1.807, 2.05) is 7.05 Å². The van der Waals surface area contributed by atoms with Gasteiger partial charge in [0, 0.05) is 30.2 Å². The number of hydrogen-bond donors (Lipinski definition) is 2. The van der Waals surface area contributed by atoms with E-state index in [4.69, 9.17) is 4.74 Å². The summed E-state index contributed by atoms with van der Waals surface area (Å²) in [6.07, 6.45) is 1.38. The van der Waals surface area contributed by atoms with Gasteiger partial charge in [0.05, 0.1) is 7.11 Å². The molecule has 90 valence electrons. The normalized spacial score (nSPS) is 9.29. The standard InChI is InChI=1S/C13H15NO3/c1-14-6-4-3-5-10-7-12(16)13(17-2)8-11(10)9-15/h7-9,14,16H,4,6H2,1-2H3. The monoisotopic (exact) mass is 233 g/mol. The molecule has 0 spiro atoms. The van der Waals surface area contributed by atoms with Crippen molar-refractivity contribution in [1.82, 2.24) is 5.32 Å². The quantitative estimate of drug-likeness (QED) is 0.465. The van der Waals surface area contributed by atoms with E-state index in [-0.39, 0.29) is 11.5 Å². The third-order valence-electron chi connectivity index (χ3n) is 2.20. The maximum atomic E-state index is 10.9. The summed E-state index contributed by atoms with van der Waals surface area (Å²) in [6, 6.07) is 2.92. The number of aldehydes is 1. The van der Waals surface area contributed by atoms with Crippen molar-refractivity contribution < 1.29 is 14.6 Å². The molecule has 4 heteroatoms. The Morgan fingerprint density at radius 2 is 2.29 bits per heavy atom. The van der Waals surface area contributed by atoms with Crippen LogP contribution in [-0.2, 0) is 0 Å². The van der Waals surface area contributed by atoms with Crippen molar-refractivity contribution in [2.45, 2.75) is 6.42 Å². The van der Waals surface area contributed by atoms with E-state index < -0.39 is 0 Å². The van der Waals surface area contributed by atoms with E-state index in [0.717, 1.165) is 6.54 Å². The lowest BCUT2D eigenvalue weighted by Crippen LogP contribution is -2.05. The molecule has 2 N–H and O–H groups in total. The molecule has 0 radical (unpaired) electrons. The summed E-state index contributed by atoms with van der Waals surface area (Å²) in [4.78, 5) is 10.9. The highest BCUT2D eigenvalue weighted by Crippen LogP contribution is 2.28. The first-order valence-corrected chi connectivity index (χ1v) is 5.22. The highest BCUT2D eigenvalue weighted by Gasteiger charge is 2.07. The minimum absolute atomic E-state index is 0.0176. The van der Waals surface area contributed by atoms with Crippen LogP contribution in [0.25, 0.3) is 0 Å². The average Bonchev–Trinajstić information content (AvgIpc) is 2.35. The summed E-state index contributed by atoms with van der Waals surface area (Å²) < 4.78 is 4.92. The number of benzene rings is 1. The van der Waals surface area contributed by atoms with Crippen LogP contribution in [0.5, 0.6) is 11.5 Å². The fourth-order valence-corrected chi connectivity index (χ4v) is 1.30. The zero-order chi connectivity index (χ0) is 12.7. The van der Waals surface area contributed by atoms with Crippen molar-refractivity contribution >= 4 is 6.29 Å². The van der Waals surface area contributed by atoms with Crippen LogP contribution in [0, 0.1) is 11.8 Å². The molecule has 0 fully saturated rings. The number of aromatic hydroxyl groups is 1. The van der Waals surface area contributed by atoms with E-state index >= 15 is 0 Å². The SMILES string of the molecule is CNCCC#Cc1cc(O)c(OC)cc1C=O. The molecule has 0 unspecified atom stereocenters. The molecule has 0 heterocycles. The number of phenols is 1. The second-order valence-electron chi connectivity index (χ2n) is 3.38. The van der Waals surface area contributed by atoms with E-state index in [1.165, 1.54) is 19.2 Å². The Hall–Kier alpha value is -1.99. The Morgan fingerprint density at radius 1 is 1.53 bits per heavy atom. The van der Waals surface area contributed by atoms with Gasteiger partial charge in [-0.1, -0.05) is 11.8 Å². The molecule has 0 saturated heterocycles. The van der Waals surface area contributed by atoms with Crippen molar-refractivity contribution in [3.05, 3.63) is 23.3 Å². The van der Waals surface area contributed by atoms with Crippen molar-refractivity contribution in [3.63, 3.8) is 0 Å². The Labute approximate surface area is 101 Å². The molecule has 4 nitrogen and oxygen atoms in total. The van der Waals surface area contributed by atoms with Crippen LogP contribution < -0.4 is 10.1 Å². The van der Waals surface area contributed by atoms with Gasteiger partial charge < -0.3 is 15.2 Å². The van der Waals surface area contributed by atoms with Gasteiger partial charge in [-0.3, -0.25) is 4.79 Å². The number of ether oxygens (including phenoxy) is 1. The number of carbonyl (C=O) groups excluding carboxylic acids is 1. The molecule has 0 bridgehead atoms. The first-order chi connectivity index (χ1) is 8.22. The number of hydrogen-bond acceptors (Lipinski definition) is 4. The van der Waals surface area contributed by atoms with Crippen LogP contribution in [0.3, 0.4) is 0 Å². The Bertz CT molecular complexity index is 458. The van der Waals surface area contributed by atoms with Gasteiger partial charge in [0.25, 0.3) is 0 Å². The fraction of sp³-hybridized carbons (Fsp3) is 0.308. The predicted molar refractivity (Wildman–Crippen MR) is 65.5 cm³/mol. The number of methoxy groups -OCH3 is 1. The van der Waals surface area contributed by atoms with E-state index in [1.54, 1.807) is 0 Å². The molecule has 1 rings (SSSR count). The molecule has 0 amide bonds. The van der Waals surface area contributed by atoms with Crippen LogP contribution in [0.4, 0.5) is 0 Å². The second kappa shape index (κ2) is 6.56. The summed E-state index contributed by atoms with van der Waals surface area (Å²) in [5.74, 6) is 6.03. The maximum Gasteiger partial charge on any atom is 0.161 e. The van der Waals surface area contributed by atoms with Gasteiger partial charge in [0.2, 0.25) is 0 Å². The zero-order valence-electron chi connectivity index (χ0n) is 9.91. The molecular weight excluding hydrogens is 218 g/mol. The minimum atomic E-state index is -0.0176. The van der Waals surface area contributed by atoms with Crippen LogP contribution >= 0.6 is 0 Å². The van der Waals surface area contributed by atoms with Gasteiger partial charge in [-0.05, 0) is 13.1 Å². The van der Waals surface area contributed by atoms with Crippen molar-refractivity contribution in [2.24, 2.45) is 0 Å². The second-order valence-corrected chi connectivity index (χ2v) is 3.38. The first-order valence-electron chi connectivity index (χ1n) is 5.22. The molecule has 0 aromatic heterocycles. The van der Waals surface area contributed by atoms with Crippen LogP contribution in [0.2, 0.25) is 0 Å². The van der Waals surface area contributed by atoms with Gasteiger partial charge >= 0.3 is 0 Å². The lowest BCUT2D eigenvalue weighted by molar-refractivity contribution is 0.112. The number of phenolic OH excluding ortho intramolecular Hbond substituents is 1.